The molecule has 0 aliphatic carbocycles. The molecule has 0 bridgehead atoms. The molecule has 0 aromatic rings. The van der Waals surface area contributed by atoms with E-state index in [4.69, 9.17) is 18.8 Å². The van der Waals surface area contributed by atoms with Gasteiger partial charge in [-0.15, -0.1) is 0 Å². The van der Waals surface area contributed by atoms with Crippen molar-refractivity contribution in [2.24, 2.45) is 0 Å². The van der Waals surface area contributed by atoms with Gasteiger partial charge in [-0.25, -0.2) is 0 Å². The fraction of sp³-hybridized carbons (Fsp3) is 0.960. The summed E-state index contributed by atoms with van der Waals surface area (Å²) in [5.74, 6) is -1.52. The maximum Gasteiger partial charge on any atom is 0.306 e. The molecule has 0 aromatic heterocycles. The van der Waals surface area contributed by atoms with Crippen molar-refractivity contribution in [3.8, 4) is 0 Å². The Morgan fingerprint density at radius 3 is 1.84 bits per heavy atom. The van der Waals surface area contributed by atoms with Gasteiger partial charge in [-0.1, -0.05) is 84.0 Å². The van der Waals surface area contributed by atoms with E-state index in [9.17, 15) is 33.6 Å². The summed E-state index contributed by atoms with van der Waals surface area (Å²) in [5.41, 5.74) is 0. The Balaban J connectivity index is 2.20. The van der Waals surface area contributed by atoms with Crippen LogP contribution in [-0.4, -0.2) is 95.1 Å². The summed E-state index contributed by atoms with van der Waals surface area (Å²) in [6.45, 7) is 1.26. The smallest absolute Gasteiger partial charge is 0.306 e. The molecule has 0 aromatic carbocycles. The minimum Gasteiger partial charge on any atom is -0.457 e. The van der Waals surface area contributed by atoms with E-state index in [-0.39, 0.29) is 6.42 Å². The molecular weight excluding hydrogens is 508 g/mol. The van der Waals surface area contributed by atoms with Gasteiger partial charge in [-0.3, -0.25) is 9.35 Å². The second-order valence-electron chi connectivity index (χ2n) is 9.88. The summed E-state index contributed by atoms with van der Waals surface area (Å²) < 4.78 is 46.8. The Morgan fingerprint density at radius 2 is 1.35 bits per heavy atom. The molecule has 1 aliphatic rings. The SMILES string of the molecule is CCCCCCCCCCCCCCCC(=O)OC(CO)COC1O[C@H](CS(=O)(=O)O)[C@@H](O)[C@H](O)[C@H]1O. The molecule has 1 heterocycles. The average molecular weight is 557 g/mol. The number of carbonyl (C=O) groups is 1. The number of hydrogen-bond donors (Lipinski definition) is 5. The molecule has 1 fully saturated rings. The fourth-order valence-electron chi connectivity index (χ4n) is 4.26. The molecule has 5 N–H and O–H groups in total. The Kier molecular flexibility index (Phi) is 17.8. The lowest BCUT2D eigenvalue weighted by molar-refractivity contribution is -0.297. The van der Waals surface area contributed by atoms with Gasteiger partial charge in [0.25, 0.3) is 10.1 Å². The summed E-state index contributed by atoms with van der Waals surface area (Å²) in [6.07, 6.45) is 6.15. The van der Waals surface area contributed by atoms with E-state index in [0.29, 0.717) is 6.42 Å². The van der Waals surface area contributed by atoms with E-state index >= 15 is 0 Å². The van der Waals surface area contributed by atoms with E-state index in [0.717, 1.165) is 19.3 Å². The first-order valence-corrected chi connectivity index (χ1v) is 15.3. The highest BCUT2D eigenvalue weighted by Gasteiger charge is 2.45. The van der Waals surface area contributed by atoms with Crippen LogP contribution in [0.2, 0.25) is 0 Å². The van der Waals surface area contributed by atoms with Crippen molar-refractivity contribution >= 4 is 16.1 Å². The highest BCUT2D eigenvalue weighted by Crippen LogP contribution is 2.23. The predicted octanol–water partition coefficient (Wildman–Crippen LogP) is 2.08. The van der Waals surface area contributed by atoms with Crippen LogP contribution >= 0.6 is 0 Å². The van der Waals surface area contributed by atoms with Gasteiger partial charge in [0.2, 0.25) is 0 Å². The Morgan fingerprint density at radius 1 is 0.838 bits per heavy atom. The Labute approximate surface area is 221 Å². The van der Waals surface area contributed by atoms with Gasteiger partial charge in [0.05, 0.1) is 13.2 Å². The zero-order chi connectivity index (χ0) is 27.7. The number of ether oxygens (including phenoxy) is 3. The molecule has 6 atom stereocenters. The van der Waals surface area contributed by atoms with Crippen molar-refractivity contribution in [2.45, 2.75) is 134 Å². The number of aliphatic hydroxyl groups excluding tert-OH is 4. The van der Waals surface area contributed by atoms with Gasteiger partial charge in [0.15, 0.2) is 6.29 Å². The molecule has 2 unspecified atom stereocenters. The van der Waals surface area contributed by atoms with Gasteiger partial charge in [-0.2, -0.15) is 8.42 Å². The third-order valence-electron chi connectivity index (χ3n) is 6.48. The normalized spacial score (nSPS) is 25.2. The number of unbranched alkanes of at least 4 members (excludes halogenated alkanes) is 12. The maximum atomic E-state index is 12.1. The molecule has 37 heavy (non-hydrogen) atoms. The largest absolute Gasteiger partial charge is 0.457 e. The van der Waals surface area contributed by atoms with Gasteiger partial charge >= 0.3 is 5.97 Å². The third kappa shape index (κ3) is 15.4. The highest BCUT2D eigenvalue weighted by molar-refractivity contribution is 7.85. The summed E-state index contributed by atoms with van der Waals surface area (Å²) in [7, 11) is -4.54. The first kappa shape index (κ1) is 34.2. The van der Waals surface area contributed by atoms with E-state index in [1.165, 1.54) is 57.8 Å². The number of rotatable bonds is 21. The van der Waals surface area contributed by atoms with Crippen molar-refractivity contribution in [1.29, 1.82) is 0 Å². The first-order valence-electron chi connectivity index (χ1n) is 13.7. The third-order valence-corrected chi connectivity index (χ3v) is 7.23. The zero-order valence-corrected chi connectivity index (χ0v) is 22.9. The lowest BCUT2D eigenvalue weighted by atomic mass is 10.00. The van der Waals surface area contributed by atoms with Crippen LogP contribution in [0.5, 0.6) is 0 Å². The van der Waals surface area contributed by atoms with Crippen LogP contribution in [0, 0.1) is 0 Å². The number of carbonyl (C=O) groups excluding carboxylic acids is 1. The van der Waals surface area contributed by atoms with E-state index in [1.54, 1.807) is 0 Å². The summed E-state index contributed by atoms with van der Waals surface area (Å²) >= 11 is 0. The summed E-state index contributed by atoms with van der Waals surface area (Å²) in [6, 6.07) is 0. The minimum atomic E-state index is -4.54. The quantitative estimate of drug-likeness (QED) is 0.0793. The molecule has 0 amide bonds. The molecule has 1 saturated heterocycles. The molecule has 0 spiro atoms. The zero-order valence-electron chi connectivity index (χ0n) is 22.1. The van der Waals surface area contributed by atoms with Crippen molar-refractivity contribution in [1.82, 2.24) is 0 Å². The van der Waals surface area contributed by atoms with Crippen molar-refractivity contribution in [3.63, 3.8) is 0 Å². The lowest BCUT2D eigenvalue weighted by Crippen LogP contribution is -2.60. The van der Waals surface area contributed by atoms with Gasteiger partial charge < -0.3 is 34.6 Å². The van der Waals surface area contributed by atoms with Crippen molar-refractivity contribution < 1.29 is 52.4 Å². The van der Waals surface area contributed by atoms with Crippen LogP contribution in [0.15, 0.2) is 0 Å². The maximum absolute atomic E-state index is 12.1. The fourth-order valence-corrected chi connectivity index (χ4v) is 4.95. The van der Waals surface area contributed by atoms with E-state index < -0.39 is 71.9 Å². The highest BCUT2D eigenvalue weighted by atomic mass is 32.2. The van der Waals surface area contributed by atoms with E-state index in [1.807, 2.05) is 0 Å². The molecule has 1 aliphatic heterocycles. The summed E-state index contributed by atoms with van der Waals surface area (Å²) in [5, 5.41) is 39.3. The van der Waals surface area contributed by atoms with Crippen LogP contribution in [0.1, 0.15) is 96.8 Å². The minimum absolute atomic E-state index is 0.193. The van der Waals surface area contributed by atoms with E-state index in [2.05, 4.69) is 6.92 Å². The molecule has 0 radical (unpaired) electrons. The molecule has 11 nitrogen and oxygen atoms in total. The number of esters is 1. The number of hydrogen-bond acceptors (Lipinski definition) is 10. The average Bonchev–Trinajstić information content (AvgIpc) is 2.84. The van der Waals surface area contributed by atoms with Crippen LogP contribution in [0.4, 0.5) is 0 Å². The Hall–Kier alpha value is -0.860. The van der Waals surface area contributed by atoms with Crippen molar-refractivity contribution in [2.75, 3.05) is 19.0 Å². The molecule has 0 saturated carbocycles. The van der Waals surface area contributed by atoms with Gasteiger partial charge in [0.1, 0.15) is 36.3 Å². The monoisotopic (exact) mass is 556 g/mol. The van der Waals surface area contributed by atoms with Crippen LogP contribution in [-0.2, 0) is 29.1 Å². The number of aliphatic hydroxyl groups is 4. The molecule has 12 heteroatoms. The topological polar surface area (TPSA) is 180 Å². The second-order valence-corrected chi connectivity index (χ2v) is 11.4. The standard InChI is InChI=1S/C25H48O11S/c1-2-3-4-5-6-7-8-9-10-11-12-13-14-15-21(27)35-19(16-26)17-34-25-24(30)23(29)22(28)20(36-25)18-37(31,32)33/h19-20,22-26,28-30H,2-18H2,1H3,(H,31,32,33)/t19?,20-,22-,23+,24-,25?/m1/s1. The lowest BCUT2D eigenvalue weighted by Gasteiger charge is -2.40. The van der Waals surface area contributed by atoms with Gasteiger partial charge in [0, 0.05) is 6.42 Å². The Bertz CT molecular complexity index is 703. The van der Waals surface area contributed by atoms with Crippen molar-refractivity contribution in [3.05, 3.63) is 0 Å². The summed E-state index contributed by atoms with van der Waals surface area (Å²) in [4.78, 5) is 12.1. The molecular formula is C25H48O11S. The van der Waals surface area contributed by atoms with Gasteiger partial charge in [-0.05, 0) is 6.42 Å². The molecule has 220 valence electrons. The second kappa shape index (κ2) is 19.2. The first-order chi connectivity index (χ1) is 17.6. The van der Waals surface area contributed by atoms with Crippen LogP contribution in [0.3, 0.4) is 0 Å². The van der Waals surface area contributed by atoms with Crippen LogP contribution in [0.25, 0.3) is 0 Å². The predicted molar refractivity (Wildman–Crippen MR) is 136 cm³/mol. The molecule has 1 rings (SSSR count). The van der Waals surface area contributed by atoms with Crippen LogP contribution < -0.4 is 0 Å².